The van der Waals surface area contributed by atoms with E-state index in [9.17, 15) is 4.79 Å². The van der Waals surface area contributed by atoms with Crippen molar-refractivity contribution >= 4 is 40.6 Å². The number of hydrazone groups is 1. The minimum Gasteiger partial charge on any atom is -0.469 e. The predicted molar refractivity (Wildman–Crippen MR) is 103 cm³/mol. The summed E-state index contributed by atoms with van der Waals surface area (Å²) in [6.45, 7) is 2.78. The number of ether oxygens (including phenoxy) is 1. The summed E-state index contributed by atoms with van der Waals surface area (Å²) in [4.78, 5) is 11.0. The minimum absolute atomic E-state index is 0.163. The lowest BCUT2D eigenvalue weighted by Gasteiger charge is -2.09. The van der Waals surface area contributed by atoms with E-state index in [2.05, 4.69) is 20.6 Å². The van der Waals surface area contributed by atoms with Crippen LogP contribution in [-0.4, -0.2) is 30.4 Å². The van der Waals surface area contributed by atoms with Crippen molar-refractivity contribution in [2.45, 2.75) is 39.0 Å². The van der Waals surface area contributed by atoms with E-state index in [1.54, 1.807) is 0 Å². The van der Waals surface area contributed by atoms with Crippen molar-refractivity contribution in [3.05, 3.63) is 34.9 Å². The van der Waals surface area contributed by atoms with Gasteiger partial charge in [0.25, 0.3) is 0 Å². The number of carbonyl (C=O) groups is 1. The van der Waals surface area contributed by atoms with Gasteiger partial charge in [0.1, 0.15) is 0 Å². The molecule has 7 heteroatoms. The van der Waals surface area contributed by atoms with Gasteiger partial charge in [0.05, 0.1) is 12.8 Å². The number of thiocarbonyl (C=S) groups is 1. The molecule has 0 unspecified atom stereocenters. The van der Waals surface area contributed by atoms with Crippen molar-refractivity contribution in [2.24, 2.45) is 5.10 Å². The Kier molecular flexibility index (Phi) is 10.0. The summed E-state index contributed by atoms with van der Waals surface area (Å²) in [5.74, 6) is -0.163. The van der Waals surface area contributed by atoms with Gasteiger partial charge >= 0.3 is 5.97 Å². The Labute approximate surface area is 153 Å². The van der Waals surface area contributed by atoms with Gasteiger partial charge in [0.15, 0.2) is 5.11 Å². The maximum Gasteiger partial charge on any atom is 0.305 e. The molecule has 0 aliphatic carbocycles. The summed E-state index contributed by atoms with van der Waals surface area (Å²) in [6, 6.07) is 7.55. The number of nitrogens with one attached hydrogen (secondary N) is 2. The van der Waals surface area contributed by atoms with Crippen LogP contribution in [0, 0.1) is 0 Å². The fourth-order valence-electron chi connectivity index (χ4n) is 2.02. The zero-order valence-electron chi connectivity index (χ0n) is 14.1. The van der Waals surface area contributed by atoms with Gasteiger partial charge < -0.3 is 10.1 Å². The number of halogens is 1. The summed E-state index contributed by atoms with van der Waals surface area (Å²) in [6.07, 6.45) is 3.94. The van der Waals surface area contributed by atoms with Crippen LogP contribution in [0.25, 0.3) is 0 Å². The molecule has 0 aromatic heterocycles. The average Bonchev–Trinajstić information content (AvgIpc) is 2.59. The molecule has 0 amide bonds. The largest absolute Gasteiger partial charge is 0.469 e. The lowest BCUT2D eigenvalue weighted by atomic mass is 10.1. The first kappa shape index (κ1) is 20.4. The molecule has 1 aromatic carbocycles. The smallest absolute Gasteiger partial charge is 0.305 e. The number of carbonyl (C=O) groups excluding carboxylic acids is 1. The molecule has 24 heavy (non-hydrogen) atoms. The number of esters is 1. The van der Waals surface area contributed by atoms with Gasteiger partial charge in [-0.15, -0.1) is 0 Å². The van der Waals surface area contributed by atoms with Crippen LogP contribution in [-0.2, 0) is 9.53 Å². The molecule has 132 valence electrons. The first-order valence-corrected chi connectivity index (χ1v) is 8.78. The molecule has 0 saturated carbocycles. The number of benzene rings is 1. The highest BCUT2D eigenvalue weighted by Gasteiger charge is 2.02. The Balaban J connectivity index is 2.28. The van der Waals surface area contributed by atoms with Gasteiger partial charge in [0, 0.05) is 18.0 Å². The van der Waals surface area contributed by atoms with E-state index in [1.165, 1.54) is 7.11 Å². The Morgan fingerprint density at radius 3 is 2.58 bits per heavy atom. The van der Waals surface area contributed by atoms with E-state index in [0.717, 1.165) is 43.5 Å². The standard InChI is InChI=1S/C17H24ClN3O2S/c1-3-15(13-8-10-14(18)11-9-13)20-21-17(24)19-12-6-4-5-7-16(22)23-2/h8-11H,3-7,12H2,1-2H3,(H2,19,21,24)/b20-15-. The van der Waals surface area contributed by atoms with Gasteiger partial charge in [-0.3, -0.25) is 10.2 Å². The maximum absolute atomic E-state index is 11.0. The number of unbranched alkanes of at least 4 members (excludes halogenated alkanes) is 2. The summed E-state index contributed by atoms with van der Waals surface area (Å²) in [5.41, 5.74) is 4.79. The monoisotopic (exact) mass is 369 g/mol. The Bertz CT molecular complexity index is 561. The van der Waals surface area contributed by atoms with Gasteiger partial charge in [0.2, 0.25) is 0 Å². The van der Waals surface area contributed by atoms with E-state index < -0.39 is 0 Å². The van der Waals surface area contributed by atoms with Crippen molar-refractivity contribution in [3.63, 3.8) is 0 Å². The van der Waals surface area contributed by atoms with E-state index in [4.69, 9.17) is 23.8 Å². The fraction of sp³-hybridized carbons (Fsp3) is 0.471. The third kappa shape index (κ3) is 8.26. The Morgan fingerprint density at radius 1 is 1.25 bits per heavy atom. The number of hydrogen-bond acceptors (Lipinski definition) is 4. The lowest BCUT2D eigenvalue weighted by Crippen LogP contribution is -2.33. The van der Waals surface area contributed by atoms with Crippen molar-refractivity contribution < 1.29 is 9.53 Å². The number of nitrogens with zero attached hydrogens (tertiary/aromatic N) is 1. The highest BCUT2D eigenvalue weighted by Crippen LogP contribution is 2.11. The lowest BCUT2D eigenvalue weighted by molar-refractivity contribution is -0.140. The highest BCUT2D eigenvalue weighted by molar-refractivity contribution is 7.80. The van der Waals surface area contributed by atoms with Crippen molar-refractivity contribution in [3.8, 4) is 0 Å². The predicted octanol–water partition coefficient (Wildman–Crippen LogP) is 3.65. The first-order valence-electron chi connectivity index (χ1n) is 8.00. The number of hydrogen-bond donors (Lipinski definition) is 2. The summed E-state index contributed by atoms with van der Waals surface area (Å²) < 4.78 is 4.60. The second kappa shape index (κ2) is 11.8. The molecule has 0 aliphatic rings. The van der Waals surface area contributed by atoms with Crippen molar-refractivity contribution in [2.75, 3.05) is 13.7 Å². The molecule has 0 atom stereocenters. The summed E-state index contributed by atoms with van der Waals surface area (Å²) in [5, 5.41) is 8.64. The Hall–Kier alpha value is -1.66. The zero-order chi connectivity index (χ0) is 17.8. The van der Waals surface area contributed by atoms with E-state index in [-0.39, 0.29) is 5.97 Å². The maximum atomic E-state index is 11.0. The molecule has 0 fully saturated rings. The van der Waals surface area contributed by atoms with Gasteiger partial charge in [-0.2, -0.15) is 5.10 Å². The molecule has 0 saturated heterocycles. The van der Waals surface area contributed by atoms with Crippen LogP contribution in [0.5, 0.6) is 0 Å². The van der Waals surface area contributed by atoms with Gasteiger partial charge in [-0.05, 0) is 49.2 Å². The molecule has 1 rings (SSSR count). The summed E-state index contributed by atoms with van der Waals surface area (Å²) >= 11 is 11.1. The molecule has 5 nitrogen and oxygen atoms in total. The minimum atomic E-state index is -0.163. The third-order valence-corrected chi connectivity index (χ3v) is 3.86. The quantitative estimate of drug-likeness (QED) is 0.229. The van der Waals surface area contributed by atoms with Crippen molar-refractivity contribution in [1.29, 1.82) is 0 Å². The van der Waals surface area contributed by atoms with Crippen LogP contribution < -0.4 is 10.7 Å². The van der Waals surface area contributed by atoms with Crippen molar-refractivity contribution in [1.82, 2.24) is 10.7 Å². The number of methoxy groups -OCH3 is 1. The zero-order valence-corrected chi connectivity index (χ0v) is 15.7. The second-order valence-corrected chi connectivity index (χ2v) is 6.02. The molecule has 1 aromatic rings. The first-order chi connectivity index (χ1) is 11.6. The van der Waals surface area contributed by atoms with Gasteiger partial charge in [-0.1, -0.05) is 37.1 Å². The van der Waals surface area contributed by atoms with Crippen LogP contribution in [0.15, 0.2) is 29.4 Å². The van der Waals surface area contributed by atoms with Crippen LogP contribution in [0.2, 0.25) is 5.02 Å². The Morgan fingerprint density at radius 2 is 1.96 bits per heavy atom. The second-order valence-electron chi connectivity index (χ2n) is 5.17. The molecular weight excluding hydrogens is 346 g/mol. The molecular formula is C17H24ClN3O2S. The molecule has 0 heterocycles. The van der Waals surface area contributed by atoms with Crippen LogP contribution in [0.3, 0.4) is 0 Å². The van der Waals surface area contributed by atoms with Crippen LogP contribution in [0.1, 0.15) is 44.6 Å². The van der Waals surface area contributed by atoms with Crippen LogP contribution >= 0.6 is 23.8 Å². The van der Waals surface area contributed by atoms with E-state index in [1.807, 2.05) is 31.2 Å². The molecule has 0 spiro atoms. The fourth-order valence-corrected chi connectivity index (χ4v) is 2.30. The van der Waals surface area contributed by atoms with E-state index in [0.29, 0.717) is 16.6 Å². The van der Waals surface area contributed by atoms with Crippen LogP contribution in [0.4, 0.5) is 0 Å². The molecule has 0 radical (unpaired) electrons. The normalized spacial score (nSPS) is 11.0. The number of rotatable bonds is 9. The SMILES string of the molecule is CC/C(=N/NC(=S)NCCCCCC(=O)OC)c1ccc(Cl)cc1. The summed E-state index contributed by atoms with van der Waals surface area (Å²) in [7, 11) is 1.41. The molecule has 0 bridgehead atoms. The van der Waals surface area contributed by atoms with E-state index >= 15 is 0 Å². The highest BCUT2D eigenvalue weighted by atomic mass is 35.5. The third-order valence-electron chi connectivity index (χ3n) is 3.38. The molecule has 0 aliphatic heterocycles. The topological polar surface area (TPSA) is 62.7 Å². The average molecular weight is 370 g/mol. The molecule has 2 N–H and O–H groups in total. The van der Waals surface area contributed by atoms with Gasteiger partial charge in [-0.25, -0.2) is 0 Å².